The first-order valence-corrected chi connectivity index (χ1v) is 8.58. The maximum absolute atomic E-state index is 13.4. The minimum atomic E-state index is -4.49. The minimum Gasteiger partial charge on any atom is -0.497 e. The van der Waals surface area contributed by atoms with E-state index >= 15 is 0 Å². The summed E-state index contributed by atoms with van der Waals surface area (Å²) < 4.78 is 47.0. The predicted molar refractivity (Wildman–Crippen MR) is 97.3 cm³/mol. The molecule has 1 aromatic heterocycles. The van der Waals surface area contributed by atoms with E-state index in [1.807, 2.05) is 19.1 Å². The zero-order valence-electron chi connectivity index (χ0n) is 15.1. The van der Waals surface area contributed by atoms with Crippen LogP contribution in [-0.2, 0) is 5.41 Å². The van der Waals surface area contributed by atoms with Crippen molar-refractivity contribution in [1.29, 1.82) is 0 Å². The fraction of sp³-hybridized carbons (Fsp3) is 0.286. The lowest BCUT2D eigenvalue weighted by atomic mass is 9.73. The van der Waals surface area contributed by atoms with E-state index in [2.05, 4.69) is 0 Å². The molecule has 0 N–H and O–H groups in total. The number of para-hydroxylation sites is 1. The van der Waals surface area contributed by atoms with Gasteiger partial charge in [0.2, 0.25) is 5.91 Å². The quantitative estimate of drug-likeness (QED) is 0.595. The van der Waals surface area contributed by atoms with Crippen molar-refractivity contribution < 1.29 is 22.7 Å². The molecule has 3 nitrogen and oxygen atoms in total. The second-order valence-electron chi connectivity index (χ2n) is 7.17. The Morgan fingerprint density at radius 2 is 1.85 bits per heavy atom. The number of benzene rings is 2. The number of alkyl halides is 3. The van der Waals surface area contributed by atoms with Gasteiger partial charge in [0.15, 0.2) is 0 Å². The zero-order chi connectivity index (χ0) is 19.6. The first-order chi connectivity index (χ1) is 12.7. The topological polar surface area (TPSA) is 31.2 Å². The maximum atomic E-state index is 13.4. The molecule has 6 heteroatoms. The number of nitrogens with zero attached hydrogens (tertiary/aromatic N) is 1. The molecule has 0 unspecified atom stereocenters. The molecule has 1 atom stereocenters. The van der Waals surface area contributed by atoms with Crippen LogP contribution in [0.4, 0.5) is 13.2 Å². The van der Waals surface area contributed by atoms with Gasteiger partial charge in [0, 0.05) is 10.9 Å². The second-order valence-corrected chi connectivity index (χ2v) is 7.17. The normalized spacial score (nSPS) is 19.1. The molecule has 0 aliphatic carbocycles. The Morgan fingerprint density at radius 3 is 2.52 bits per heavy atom. The van der Waals surface area contributed by atoms with Gasteiger partial charge in [-0.1, -0.05) is 18.2 Å². The summed E-state index contributed by atoms with van der Waals surface area (Å²) in [6, 6.07) is 12.3. The molecular formula is C21H18F3NO2. The summed E-state index contributed by atoms with van der Waals surface area (Å²) >= 11 is 0. The molecule has 0 saturated carbocycles. The van der Waals surface area contributed by atoms with Crippen molar-refractivity contribution in [3.05, 3.63) is 53.6 Å². The number of rotatable bonds is 2. The number of carbonyl (C=O) groups is 1. The molecule has 0 bridgehead atoms. The van der Waals surface area contributed by atoms with Crippen molar-refractivity contribution in [2.24, 2.45) is 0 Å². The van der Waals surface area contributed by atoms with Crippen LogP contribution in [0.5, 0.6) is 5.75 Å². The number of hydrogen-bond donors (Lipinski definition) is 0. The van der Waals surface area contributed by atoms with Crippen molar-refractivity contribution in [3.63, 3.8) is 0 Å². The molecule has 27 heavy (non-hydrogen) atoms. The van der Waals surface area contributed by atoms with Crippen molar-refractivity contribution in [2.45, 2.75) is 31.9 Å². The van der Waals surface area contributed by atoms with Crippen LogP contribution in [0.1, 0.15) is 29.3 Å². The van der Waals surface area contributed by atoms with Crippen LogP contribution in [0.25, 0.3) is 22.2 Å². The summed E-state index contributed by atoms with van der Waals surface area (Å²) in [7, 11) is 1.45. The van der Waals surface area contributed by atoms with E-state index in [-0.39, 0.29) is 0 Å². The summed E-state index contributed by atoms with van der Waals surface area (Å²) in [5.41, 5.74) is 1.41. The third-order valence-corrected chi connectivity index (χ3v) is 5.43. The van der Waals surface area contributed by atoms with Crippen LogP contribution in [-0.4, -0.2) is 23.8 Å². The summed E-state index contributed by atoms with van der Waals surface area (Å²) in [6.45, 7) is 3.26. The predicted octanol–water partition coefficient (Wildman–Crippen LogP) is 5.49. The molecule has 0 fully saturated rings. The average molecular weight is 373 g/mol. The van der Waals surface area contributed by atoms with Gasteiger partial charge in [-0.2, -0.15) is 13.2 Å². The van der Waals surface area contributed by atoms with Crippen LogP contribution in [0.15, 0.2) is 42.5 Å². The Labute approximate surface area is 154 Å². The number of aromatic nitrogens is 1. The van der Waals surface area contributed by atoms with Crippen LogP contribution < -0.4 is 4.74 Å². The maximum Gasteiger partial charge on any atom is 0.390 e. The molecule has 0 radical (unpaired) electrons. The van der Waals surface area contributed by atoms with E-state index in [9.17, 15) is 18.0 Å². The Balaban J connectivity index is 2.12. The van der Waals surface area contributed by atoms with Gasteiger partial charge in [-0.25, -0.2) is 0 Å². The third-order valence-electron chi connectivity index (χ3n) is 5.43. The van der Waals surface area contributed by atoms with Crippen molar-refractivity contribution in [2.75, 3.05) is 7.11 Å². The number of carbonyl (C=O) groups excluding carboxylic acids is 1. The highest BCUT2D eigenvalue weighted by Gasteiger charge is 2.50. The second kappa shape index (κ2) is 5.62. The summed E-state index contributed by atoms with van der Waals surface area (Å²) in [4.78, 5) is 13.4. The molecular weight excluding hydrogens is 355 g/mol. The molecule has 3 aromatic rings. The van der Waals surface area contributed by atoms with Gasteiger partial charge >= 0.3 is 6.18 Å². The van der Waals surface area contributed by atoms with Crippen molar-refractivity contribution in [3.8, 4) is 17.0 Å². The largest absolute Gasteiger partial charge is 0.497 e. The van der Waals surface area contributed by atoms with E-state index in [0.717, 1.165) is 10.9 Å². The molecule has 1 aliphatic rings. The molecule has 2 aromatic carbocycles. The average Bonchev–Trinajstić information content (AvgIpc) is 2.91. The number of fused-ring (bicyclic) bond motifs is 5. The molecule has 0 spiro atoms. The number of aryl methyl sites for hydroxylation is 1. The first kappa shape index (κ1) is 17.6. The molecule has 0 amide bonds. The molecule has 140 valence electrons. The van der Waals surface area contributed by atoms with Gasteiger partial charge in [0.25, 0.3) is 0 Å². The van der Waals surface area contributed by atoms with Gasteiger partial charge in [0.05, 0.1) is 30.2 Å². The number of halogens is 3. The highest BCUT2D eigenvalue weighted by molar-refractivity contribution is 6.08. The summed E-state index contributed by atoms with van der Waals surface area (Å²) in [5, 5.41) is 0.860. The molecule has 2 heterocycles. The fourth-order valence-electron chi connectivity index (χ4n) is 4.18. The smallest absolute Gasteiger partial charge is 0.390 e. The number of hydrogen-bond acceptors (Lipinski definition) is 2. The van der Waals surface area contributed by atoms with Crippen LogP contribution in [0, 0.1) is 6.92 Å². The van der Waals surface area contributed by atoms with Gasteiger partial charge < -0.3 is 4.74 Å². The standard InChI is InChI=1S/C21H18F3NO2/c1-12-14-6-4-5-7-17(14)25-18(12)15-9-8-13(27-3)10-16(15)20(2,19(25)26)11-21(22,23)24/h4-10H,11H2,1-3H3/t20-/m0/s1. The fourth-order valence-corrected chi connectivity index (χ4v) is 4.18. The van der Waals surface area contributed by atoms with Crippen molar-refractivity contribution >= 4 is 16.8 Å². The lowest BCUT2D eigenvalue weighted by molar-refractivity contribution is -0.144. The van der Waals surface area contributed by atoms with E-state index in [1.165, 1.54) is 18.6 Å². The highest BCUT2D eigenvalue weighted by atomic mass is 19.4. The molecule has 0 saturated heterocycles. The minimum absolute atomic E-state index is 0.350. The van der Waals surface area contributed by atoms with Crippen molar-refractivity contribution in [1.82, 2.24) is 4.57 Å². The Bertz CT molecular complexity index is 1080. The lowest BCUT2D eigenvalue weighted by Gasteiger charge is -2.36. The summed E-state index contributed by atoms with van der Waals surface area (Å²) in [5.74, 6) is -0.142. The first-order valence-electron chi connectivity index (χ1n) is 8.58. The Kier molecular flexibility index (Phi) is 3.67. The number of ether oxygens (including phenoxy) is 1. The van der Waals surface area contributed by atoms with Gasteiger partial charge in [0.1, 0.15) is 5.75 Å². The van der Waals surface area contributed by atoms with Gasteiger partial charge in [-0.15, -0.1) is 0 Å². The zero-order valence-corrected chi connectivity index (χ0v) is 15.1. The number of methoxy groups -OCH3 is 1. The Morgan fingerprint density at radius 1 is 1.15 bits per heavy atom. The monoisotopic (exact) mass is 373 g/mol. The van der Waals surface area contributed by atoms with E-state index in [4.69, 9.17) is 4.74 Å². The van der Waals surface area contributed by atoms with Crippen LogP contribution in [0.3, 0.4) is 0 Å². The summed E-state index contributed by atoms with van der Waals surface area (Å²) in [6.07, 6.45) is -5.72. The highest BCUT2D eigenvalue weighted by Crippen LogP contribution is 2.49. The SMILES string of the molecule is COc1ccc2c(c1)[C@](C)(CC(F)(F)F)C(=O)n1c-2c(C)c2ccccc21. The third kappa shape index (κ3) is 2.46. The van der Waals surface area contributed by atoms with E-state index in [0.29, 0.717) is 28.1 Å². The van der Waals surface area contributed by atoms with Crippen LogP contribution in [0.2, 0.25) is 0 Å². The van der Waals surface area contributed by atoms with Gasteiger partial charge in [-0.05, 0) is 49.2 Å². The van der Waals surface area contributed by atoms with E-state index in [1.54, 1.807) is 30.3 Å². The molecule has 1 aliphatic heterocycles. The van der Waals surface area contributed by atoms with Crippen LogP contribution >= 0.6 is 0 Å². The lowest BCUT2D eigenvalue weighted by Crippen LogP contribution is -2.43. The van der Waals surface area contributed by atoms with Gasteiger partial charge in [-0.3, -0.25) is 9.36 Å². The van der Waals surface area contributed by atoms with E-state index < -0.39 is 23.9 Å². The molecule has 4 rings (SSSR count). The Hall–Kier alpha value is -2.76.